The third-order valence-electron chi connectivity index (χ3n) is 5.56. The Labute approximate surface area is 204 Å². The standard InChI is InChI=1S/C23H39FN4O2.HI/c1-7-25-22(26-15-21(30-6)23(2,3)4)27-18-10-12-28(13-11-18)16-17-8-9-20(29-5)19(24)14-17;/h8-9,14,18,21H,7,10-13,15-16H2,1-6H3,(H2,25,26,27);1H. The maximum Gasteiger partial charge on any atom is 0.191 e. The summed E-state index contributed by atoms with van der Waals surface area (Å²) >= 11 is 0. The number of ether oxygens (including phenoxy) is 2. The minimum Gasteiger partial charge on any atom is -0.494 e. The van der Waals surface area contributed by atoms with Crippen molar-refractivity contribution < 1.29 is 13.9 Å². The molecule has 178 valence electrons. The normalized spacial score (nSPS) is 17.1. The number of hydrogen-bond acceptors (Lipinski definition) is 4. The van der Waals surface area contributed by atoms with E-state index in [-0.39, 0.29) is 41.3 Å². The maximum absolute atomic E-state index is 13.9. The monoisotopic (exact) mass is 550 g/mol. The molecule has 1 aromatic rings. The number of piperidine rings is 1. The quantitative estimate of drug-likeness (QED) is 0.291. The van der Waals surface area contributed by atoms with E-state index < -0.39 is 0 Å². The highest BCUT2D eigenvalue weighted by molar-refractivity contribution is 14.0. The fourth-order valence-corrected chi connectivity index (χ4v) is 3.69. The molecule has 1 unspecified atom stereocenters. The van der Waals surface area contributed by atoms with Gasteiger partial charge >= 0.3 is 0 Å². The molecule has 1 fully saturated rings. The Morgan fingerprint density at radius 1 is 1.26 bits per heavy atom. The molecule has 8 heteroatoms. The molecule has 2 N–H and O–H groups in total. The van der Waals surface area contributed by atoms with E-state index in [0.29, 0.717) is 18.3 Å². The van der Waals surface area contributed by atoms with Crippen molar-refractivity contribution in [1.29, 1.82) is 0 Å². The lowest BCUT2D eigenvalue weighted by atomic mass is 9.89. The fraction of sp³-hybridized carbons (Fsp3) is 0.696. The summed E-state index contributed by atoms with van der Waals surface area (Å²) in [7, 11) is 3.23. The predicted octanol–water partition coefficient (Wildman–Crippen LogP) is 4.03. The van der Waals surface area contributed by atoms with Crippen LogP contribution in [0.1, 0.15) is 46.1 Å². The van der Waals surface area contributed by atoms with Crippen LogP contribution in [-0.4, -0.2) is 63.4 Å². The summed E-state index contributed by atoms with van der Waals surface area (Å²) in [6.07, 6.45) is 2.12. The Kier molecular flexibility index (Phi) is 12.1. The topological polar surface area (TPSA) is 58.1 Å². The molecule has 2 rings (SSSR count). The molecular weight excluding hydrogens is 510 g/mol. The molecule has 0 radical (unpaired) electrons. The number of nitrogens with one attached hydrogen (secondary N) is 2. The smallest absolute Gasteiger partial charge is 0.191 e. The number of hydrogen-bond donors (Lipinski definition) is 2. The molecule has 1 aliphatic heterocycles. The third-order valence-corrected chi connectivity index (χ3v) is 5.56. The lowest BCUT2D eigenvalue weighted by Crippen LogP contribution is -2.49. The van der Waals surface area contributed by atoms with E-state index in [9.17, 15) is 4.39 Å². The van der Waals surface area contributed by atoms with Crippen LogP contribution in [0.25, 0.3) is 0 Å². The fourth-order valence-electron chi connectivity index (χ4n) is 3.69. The van der Waals surface area contributed by atoms with E-state index in [1.54, 1.807) is 19.2 Å². The number of nitrogens with zero attached hydrogens (tertiary/aromatic N) is 2. The highest BCUT2D eigenvalue weighted by Gasteiger charge is 2.25. The Morgan fingerprint density at radius 2 is 1.94 bits per heavy atom. The molecule has 6 nitrogen and oxygen atoms in total. The van der Waals surface area contributed by atoms with E-state index in [4.69, 9.17) is 14.5 Å². The second-order valence-electron chi connectivity index (χ2n) is 8.97. The Morgan fingerprint density at radius 3 is 2.45 bits per heavy atom. The van der Waals surface area contributed by atoms with Gasteiger partial charge in [0, 0.05) is 39.3 Å². The van der Waals surface area contributed by atoms with Crippen LogP contribution in [0.2, 0.25) is 0 Å². The maximum atomic E-state index is 13.9. The van der Waals surface area contributed by atoms with E-state index in [1.165, 1.54) is 7.11 Å². The van der Waals surface area contributed by atoms with Crippen molar-refractivity contribution in [2.24, 2.45) is 10.4 Å². The molecule has 0 bridgehead atoms. The zero-order chi connectivity index (χ0) is 22.1. The zero-order valence-corrected chi connectivity index (χ0v) is 22.2. The van der Waals surface area contributed by atoms with Crippen molar-refractivity contribution in [3.63, 3.8) is 0 Å². The van der Waals surface area contributed by atoms with Gasteiger partial charge in [-0.3, -0.25) is 9.89 Å². The molecular formula is C23H40FIN4O2. The number of halogens is 2. The number of aliphatic imine (C=N–C) groups is 1. The van der Waals surface area contributed by atoms with Crippen molar-refractivity contribution in [2.45, 2.75) is 59.2 Å². The van der Waals surface area contributed by atoms with Gasteiger partial charge in [-0.1, -0.05) is 26.8 Å². The molecule has 31 heavy (non-hydrogen) atoms. The second-order valence-corrected chi connectivity index (χ2v) is 8.97. The lowest BCUT2D eigenvalue weighted by molar-refractivity contribution is 0.0241. The average Bonchev–Trinajstić information content (AvgIpc) is 2.69. The summed E-state index contributed by atoms with van der Waals surface area (Å²) < 4.78 is 24.6. The first-order chi connectivity index (χ1) is 14.3. The summed E-state index contributed by atoms with van der Waals surface area (Å²) in [5, 5.41) is 6.92. The van der Waals surface area contributed by atoms with Gasteiger partial charge in [-0.2, -0.15) is 0 Å². The van der Waals surface area contributed by atoms with Crippen molar-refractivity contribution in [1.82, 2.24) is 15.5 Å². The van der Waals surface area contributed by atoms with Crippen LogP contribution in [0, 0.1) is 11.2 Å². The van der Waals surface area contributed by atoms with E-state index in [1.807, 2.05) is 6.07 Å². The highest BCUT2D eigenvalue weighted by atomic mass is 127. The van der Waals surface area contributed by atoms with Crippen LogP contribution >= 0.6 is 24.0 Å². The SMILES string of the molecule is CCNC(=NCC(OC)C(C)(C)C)NC1CCN(Cc2ccc(OC)c(F)c2)CC1.I. The first-order valence-electron chi connectivity index (χ1n) is 10.9. The summed E-state index contributed by atoms with van der Waals surface area (Å²) in [6, 6.07) is 5.58. The van der Waals surface area contributed by atoms with Gasteiger partial charge in [-0.15, -0.1) is 24.0 Å². The number of methoxy groups -OCH3 is 2. The van der Waals surface area contributed by atoms with Gasteiger partial charge in [0.1, 0.15) is 0 Å². The molecule has 1 saturated heterocycles. The van der Waals surface area contributed by atoms with E-state index >= 15 is 0 Å². The van der Waals surface area contributed by atoms with Crippen LogP contribution in [0.4, 0.5) is 4.39 Å². The van der Waals surface area contributed by atoms with Crippen LogP contribution in [-0.2, 0) is 11.3 Å². The molecule has 1 aliphatic rings. The first kappa shape index (κ1) is 27.9. The molecule has 0 saturated carbocycles. The van der Waals surface area contributed by atoms with Gasteiger partial charge in [0.15, 0.2) is 17.5 Å². The molecule has 1 atom stereocenters. The first-order valence-corrected chi connectivity index (χ1v) is 10.9. The minimum absolute atomic E-state index is 0. The predicted molar refractivity (Wildman–Crippen MR) is 136 cm³/mol. The number of benzene rings is 1. The van der Waals surface area contributed by atoms with Crippen molar-refractivity contribution in [3.8, 4) is 5.75 Å². The van der Waals surface area contributed by atoms with Gasteiger partial charge in [-0.05, 0) is 42.9 Å². The largest absolute Gasteiger partial charge is 0.494 e. The van der Waals surface area contributed by atoms with Gasteiger partial charge in [0.05, 0.1) is 19.8 Å². The minimum atomic E-state index is -0.303. The summed E-state index contributed by atoms with van der Waals surface area (Å²) in [4.78, 5) is 7.13. The van der Waals surface area contributed by atoms with Gasteiger partial charge < -0.3 is 20.1 Å². The number of rotatable bonds is 8. The molecule has 0 amide bonds. The average molecular weight is 551 g/mol. The number of likely N-dealkylation sites (tertiary alicyclic amines) is 1. The Hall–Kier alpha value is -1.13. The van der Waals surface area contributed by atoms with Crippen molar-refractivity contribution >= 4 is 29.9 Å². The van der Waals surface area contributed by atoms with Crippen LogP contribution in [0.15, 0.2) is 23.2 Å². The van der Waals surface area contributed by atoms with Crippen molar-refractivity contribution in [3.05, 3.63) is 29.6 Å². The number of guanidine groups is 1. The van der Waals surface area contributed by atoms with Crippen molar-refractivity contribution in [2.75, 3.05) is 40.4 Å². The van der Waals surface area contributed by atoms with E-state index in [2.05, 4.69) is 43.2 Å². The molecule has 0 aliphatic carbocycles. The Bertz CT molecular complexity index is 689. The molecule has 1 heterocycles. The summed E-state index contributed by atoms with van der Waals surface area (Å²) in [6.45, 7) is 12.7. The second kappa shape index (κ2) is 13.4. The third kappa shape index (κ3) is 9.10. The van der Waals surface area contributed by atoms with Crippen LogP contribution in [0.5, 0.6) is 5.75 Å². The molecule has 0 spiro atoms. The van der Waals surface area contributed by atoms with Crippen LogP contribution < -0.4 is 15.4 Å². The van der Waals surface area contributed by atoms with Gasteiger partial charge in [-0.25, -0.2) is 4.39 Å². The Balaban J connectivity index is 0.00000480. The van der Waals surface area contributed by atoms with Crippen LogP contribution in [0.3, 0.4) is 0 Å². The van der Waals surface area contributed by atoms with Gasteiger partial charge in [0.25, 0.3) is 0 Å². The molecule has 1 aromatic carbocycles. The lowest BCUT2D eigenvalue weighted by Gasteiger charge is -2.33. The molecule has 0 aromatic heterocycles. The van der Waals surface area contributed by atoms with Gasteiger partial charge in [0.2, 0.25) is 0 Å². The summed E-state index contributed by atoms with van der Waals surface area (Å²) in [5.74, 6) is 0.834. The summed E-state index contributed by atoms with van der Waals surface area (Å²) in [5.41, 5.74) is 1.02. The van der Waals surface area contributed by atoms with E-state index in [0.717, 1.165) is 50.5 Å². The highest BCUT2D eigenvalue weighted by Crippen LogP contribution is 2.22. The zero-order valence-electron chi connectivity index (χ0n) is 19.8.